The van der Waals surface area contributed by atoms with Crippen molar-refractivity contribution in [2.24, 2.45) is 0 Å². The molecule has 5 nitrogen and oxygen atoms in total. The molecule has 0 radical (unpaired) electrons. The van der Waals surface area contributed by atoms with Gasteiger partial charge in [0.05, 0.1) is 22.1 Å². The molecule has 0 N–H and O–H groups in total. The molecule has 0 aliphatic carbocycles. The summed E-state index contributed by atoms with van der Waals surface area (Å²) in [7, 11) is 0. The van der Waals surface area contributed by atoms with Gasteiger partial charge in [0.15, 0.2) is 11.6 Å². The fourth-order valence-corrected chi connectivity index (χ4v) is 10.7. The molecular weight excluding hydrogens is 827 g/mol. The molecule has 0 amide bonds. The van der Waals surface area contributed by atoms with Crippen molar-refractivity contribution in [1.29, 1.82) is 0 Å². The first kappa shape index (κ1) is 38.1. The number of para-hydroxylation sites is 2. The van der Waals surface area contributed by atoms with E-state index in [-0.39, 0.29) is 0 Å². The van der Waals surface area contributed by atoms with Crippen LogP contribution >= 0.6 is 0 Å². The number of hydrogen-bond acceptors (Lipinski definition) is 3. The van der Waals surface area contributed by atoms with Crippen LogP contribution in [0.4, 0.5) is 0 Å². The average Bonchev–Trinajstić information content (AvgIpc) is 3.94. The second-order valence-electron chi connectivity index (χ2n) is 17.6. The lowest BCUT2D eigenvalue weighted by molar-refractivity contribution is 0.953. The van der Waals surface area contributed by atoms with Crippen LogP contribution in [0.3, 0.4) is 0 Å². The van der Waals surface area contributed by atoms with Crippen LogP contribution in [0.5, 0.6) is 0 Å². The lowest BCUT2D eigenvalue weighted by Crippen LogP contribution is -2.06. The van der Waals surface area contributed by atoms with Crippen molar-refractivity contribution in [3.8, 4) is 56.7 Å². The Morgan fingerprint density at radius 2 is 0.721 bits per heavy atom. The van der Waals surface area contributed by atoms with Gasteiger partial charge in [0.25, 0.3) is 0 Å². The number of benzene rings is 11. The largest absolute Gasteiger partial charge is 0.309 e. The van der Waals surface area contributed by atoms with E-state index in [1.54, 1.807) is 0 Å². The van der Waals surface area contributed by atoms with Gasteiger partial charge in [-0.25, -0.2) is 4.98 Å². The highest BCUT2D eigenvalue weighted by Gasteiger charge is 2.23. The first-order valence-corrected chi connectivity index (χ1v) is 23.1. The standard InChI is InChI=1S/C63H39N5/c1-3-16-40(17-4-1)42-30-32-43(33-31-42)61-64-62(45-21-15-20-44(38-45)41-18-5-2-6-19-41)66-63(65-61)68-57-29-14-12-27-54(57)59-58(68)37-36-53-52-26-11-13-28-56(52)67(60(53)59)46-34-35-51-49-24-8-7-22-47(49)48-23-9-10-25-50(48)55(51)39-46/h1-39H. The monoisotopic (exact) mass is 865 g/mol. The van der Waals surface area contributed by atoms with E-state index >= 15 is 0 Å². The highest BCUT2D eigenvalue weighted by Crippen LogP contribution is 2.43. The summed E-state index contributed by atoms with van der Waals surface area (Å²) in [5.74, 6) is 1.76. The van der Waals surface area contributed by atoms with Gasteiger partial charge in [-0.2, -0.15) is 9.97 Å². The molecule has 0 fully saturated rings. The first-order valence-electron chi connectivity index (χ1n) is 23.1. The van der Waals surface area contributed by atoms with Crippen molar-refractivity contribution in [2.75, 3.05) is 0 Å². The maximum atomic E-state index is 5.40. The third kappa shape index (κ3) is 5.93. The van der Waals surface area contributed by atoms with Crippen molar-refractivity contribution in [1.82, 2.24) is 24.1 Å². The minimum Gasteiger partial charge on any atom is -0.309 e. The summed E-state index contributed by atoms with van der Waals surface area (Å²) in [4.78, 5) is 16.0. The van der Waals surface area contributed by atoms with Gasteiger partial charge in [-0.15, -0.1) is 0 Å². The molecule has 0 atom stereocenters. The zero-order chi connectivity index (χ0) is 44.7. The molecule has 3 heterocycles. The minimum atomic E-state index is 0.555. The van der Waals surface area contributed by atoms with Gasteiger partial charge in [0.1, 0.15) is 0 Å². The van der Waals surface area contributed by atoms with Crippen molar-refractivity contribution < 1.29 is 0 Å². The second-order valence-corrected chi connectivity index (χ2v) is 17.6. The average molecular weight is 866 g/mol. The van der Waals surface area contributed by atoms with E-state index in [0.717, 1.165) is 71.9 Å². The quantitative estimate of drug-likeness (QED) is 0.156. The van der Waals surface area contributed by atoms with Crippen LogP contribution in [0.15, 0.2) is 237 Å². The fourth-order valence-electron chi connectivity index (χ4n) is 10.7. The topological polar surface area (TPSA) is 48.5 Å². The number of hydrogen-bond donors (Lipinski definition) is 0. The molecule has 0 bridgehead atoms. The van der Waals surface area contributed by atoms with Crippen LogP contribution in [0.1, 0.15) is 0 Å². The van der Waals surface area contributed by atoms with Crippen LogP contribution in [0.25, 0.3) is 133 Å². The number of aromatic nitrogens is 5. The molecule has 0 saturated carbocycles. The number of nitrogens with zero attached hydrogens (tertiary/aromatic N) is 5. The Morgan fingerprint density at radius 3 is 1.40 bits per heavy atom. The summed E-state index contributed by atoms with van der Waals surface area (Å²) >= 11 is 0. The lowest BCUT2D eigenvalue weighted by Gasteiger charge is -2.14. The second kappa shape index (κ2) is 15.2. The third-order valence-electron chi connectivity index (χ3n) is 13.8. The first-order chi connectivity index (χ1) is 33.7. The molecule has 0 unspecified atom stereocenters. The predicted molar refractivity (Wildman–Crippen MR) is 283 cm³/mol. The van der Waals surface area contributed by atoms with E-state index in [1.807, 2.05) is 12.1 Å². The van der Waals surface area contributed by atoms with Crippen LogP contribution < -0.4 is 0 Å². The normalized spacial score (nSPS) is 11.8. The molecular formula is C63H39N5. The van der Waals surface area contributed by atoms with E-state index in [1.165, 1.54) is 43.1 Å². The van der Waals surface area contributed by atoms with E-state index in [4.69, 9.17) is 15.0 Å². The van der Waals surface area contributed by atoms with Crippen LogP contribution in [0.2, 0.25) is 0 Å². The zero-order valence-electron chi connectivity index (χ0n) is 36.8. The maximum absolute atomic E-state index is 5.40. The van der Waals surface area contributed by atoms with Crippen molar-refractivity contribution in [2.45, 2.75) is 0 Å². The molecule has 0 aliphatic rings. The predicted octanol–water partition coefficient (Wildman–Crippen LogP) is 16.2. The molecule has 68 heavy (non-hydrogen) atoms. The van der Waals surface area contributed by atoms with Crippen molar-refractivity contribution in [3.05, 3.63) is 237 Å². The Bertz CT molecular complexity index is 4270. The molecule has 316 valence electrons. The molecule has 14 rings (SSSR count). The van der Waals surface area contributed by atoms with Gasteiger partial charge in [-0.05, 0) is 91.0 Å². The van der Waals surface area contributed by atoms with E-state index in [9.17, 15) is 0 Å². The minimum absolute atomic E-state index is 0.555. The molecule has 0 spiro atoms. The summed E-state index contributed by atoms with van der Waals surface area (Å²) in [6.45, 7) is 0. The van der Waals surface area contributed by atoms with Gasteiger partial charge in [0.2, 0.25) is 5.95 Å². The van der Waals surface area contributed by atoms with Gasteiger partial charge < -0.3 is 4.57 Å². The van der Waals surface area contributed by atoms with Crippen LogP contribution in [-0.4, -0.2) is 24.1 Å². The van der Waals surface area contributed by atoms with Crippen molar-refractivity contribution in [3.63, 3.8) is 0 Å². The van der Waals surface area contributed by atoms with Gasteiger partial charge in [-0.1, -0.05) is 200 Å². The van der Waals surface area contributed by atoms with Gasteiger partial charge >= 0.3 is 0 Å². The SMILES string of the molecule is c1ccc(-c2ccc(-c3nc(-c4cccc(-c5ccccc5)c4)nc(-n4c5ccccc5c5c4ccc4c6ccccc6n(-c6ccc7c8ccccc8c8ccccc8c7c6)c45)n3)cc2)cc1. The van der Waals surface area contributed by atoms with E-state index in [2.05, 4.69) is 234 Å². The summed E-state index contributed by atoms with van der Waals surface area (Å²) in [5, 5.41) is 12.2. The smallest absolute Gasteiger partial charge is 0.238 e. The molecule has 5 heteroatoms. The van der Waals surface area contributed by atoms with E-state index < -0.39 is 0 Å². The summed E-state index contributed by atoms with van der Waals surface area (Å²) in [6.07, 6.45) is 0. The number of fused-ring (bicyclic) bond motifs is 13. The zero-order valence-corrected chi connectivity index (χ0v) is 36.8. The summed E-state index contributed by atoms with van der Waals surface area (Å²) in [6, 6.07) is 84.6. The molecule has 14 aromatic rings. The summed E-state index contributed by atoms with van der Waals surface area (Å²) < 4.78 is 4.71. The Kier molecular flexibility index (Phi) is 8.52. The van der Waals surface area contributed by atoms with Crippen LogP contribution in [0, 0.1) is 0 Å². The Labute approximate surface area is 391 Å². The Hall–Kier alpha value is -9.19. The molecule has 11 aromatic carbocycles. The maximum Gasteiger partial charge on any atom is 0.238 e. The Balaban J connectivity index is 1.04. The molecule has 0 aliphatic heterocycles. The molecule has 3 aromatic heterocycles. The van der Waals surface area contributed by atoms with Gasteiger partial charge in [-0.3, -0.25) is 4.57 Å². The Morgan fingerprint density at radius 1 is 0.250 bits per heavy atom. The molecule has 0 saturated heterocycles. The number of rotatable bonds is 6. The summed E-state index contributed by atoms with van der Waals surface area (Å²) in [5.41, 5.74) is 11.8. The van der Waals surface area contributed by atoms with Crippen molar-refractivity contribution >= 4 is 75.9 Å². The fraction of sp³-hybridized carbons (Fsp3) is 0. The third-order valence-corrected chi connectivity index (χ3v) is 13.8. The van der Waals surface area contributed by atoms with E-state index in [0.29, 0.717) is 17.6 Å². The highest BCUT2D eigenvalue weighted by atomic mass is 15.2. The van der Waals surface area contributed by atoms with Crippen LogP contribution in [-0.2, 0) is 0 Å². The highest BCUT2D eigenvalue weighted by molar-refractivity contribution is 6.28. The van der Waals surface area contributed by atoms with Gasteiger partial charge in [0, 0.05) is 38.4 Å². The lowest BCUT2D eigenvalue weighted by atomic mass is 9.94.